The minimum Gasteiger partial charge on any atom is -0.323 e. The second kappa shape index (κ2) is 5.76. The smallest absolute Gasteiger partial charge is 0.264 e. The first kappa shape index (κ1) is 14.1. The summed E-state index contributed by atoms with van der Waals surface area (Å²) >= 11 is 2.15. The molecule has 0 radical (unpaired) electrons. The van der Waals surface area contributed by atoms with Crippen molar-refractivity contribution < 1.29 is 8.42 Å². The van der Waals surface area contributed by atoms with Gasteiger partial charge in [-0.15, -0.1) is 0 Å². The largest absolute Gasteiger partial charge is 0.323 e. The average Bonchev–Trinajstić information content (AvgIpc) is 2.41. The summed E-state index contributed by atoms with van der Waals surface area (Å²) in [7, 11) is -3.66. The van der Waals surface area contributed by atoms with E-state index in [0.29, 0.717) is 11.4 Å². The van der Waals surface area contributed by atoms with Crippen LogP contribution < -0.4 is 16.0 Å². The molecule has 0 aliphatic rings. The van der Waals surface area contributed by atoms with Crippen LogP contribution in [0.15, 0.2) is 53.4 Å². The number of hydrogen-bond donors (Lipinski definition) is 3. The van der Waals surface area contributed by atoms with Crippen LogP contribution >= 0.6 is 22.6 Å². The van der Waals surface area contributed by atoms with Gasteiger partial charge < -0.3 is 5.43 Å². The van der Waals surface area contributed by atoms with Crippen molar-refractivity contribution in [1.29, 1.82) is 0 Å². The summed E-state index contributed by atoms with van der Waals surface area (Å²) in [5.74, 6) is 5.32. The number of nitrogens with one attached hydrogen (secondary N) is 2. The number of hydrogen-bond acceptors (Lipinski definition) is 4. The van der Waals surface area contributed by atoms with Gasteiger partial charge in [-0.1, -0.05) is 12.1 Å². The maximum absolute atomic E-state index is 12.3. The van der Waals surface area contributed by atoms with E-state index in [1.165, 1.54) is 6.07 Å². The molecule has 2 rings (SSSR count). The molecule has 0 saturated heterocycles. The van der Waals surface area contributed by atoms with E-state index in [0.717, 1.165) is 3.57 Å². The molecule has 0 aliphatic heterocycles. The van der Waals surface area contributed by atoms with Gasteiger partial charge in [0.25, 0.3) is 10.0 Å². The van der Waals surface area contributed by atoms with Gasteiger partial charge in [0.15, 0.2) is 0 Å². The molecular weight excluding hydrogens is 377 g/mol. The van der Waals surface area contributed by atoms with Crippen LogP contribution in [0.4, 0.5) is 11.4 Å². The summed E-state index contributed by atoms with van der Waals surface area (Å²) in [6.45, 7) is 0. The number of benzene rings is 2. The lowest BCUT2D eigenvalue weighted by Crippen LogP contribution is -2.17. The zero-order valence-corrected chi connectivity index (χ0v) is 12.8. The van der Waals surface area contributed by atoms with Gasteiger partial charge in [0.05, 0.1) is 5.69 Å². The maximum Gasteiger partial charge on any atom is 0.264 e. The highest BCUT2D eigenvalue weighted by Gasteiger charge is 2.17. The molecule has 0 unspecified atom stereocenters. The van der Waals surface area contributed by atoms with Crippen molar-refractivity contribution in [1.82, 2.24) is 0 Å². The zero-order valence-electron chi connectivity index (χ0n) is 9.80. The maximum atomic E-state index is 12.3. The Hall–Kier alpha value is -1.32. The van der Waals surface area contributed by atoms with Crippen molar-refractivity contribution in [3.05, 3.63) is 52.1 Å². The highest BCUT2D eigenvalue weighted by molar-refractivity contribution is 14.1. The monoisotopic (exact) mass is 389 g/mol. The van der Waals surface area contributed by atoms with Crippen molar-refractivity contribution in [2.75, 3.05) is 10.1 Å². The number of rotatable bonds is 4. The number of sulfonamides is 1. The molecule has 0 aromatic heterocycles. The van der Waals surface area contributed by atoms with E-state index < -0.39 is 10.0 Å². The molecule has 0 saturated carbocycles. The zero-order chi connectivity index (χ0) is 13.9. The molecule has 0 bridgehead atoms. The molecule has 100 valence electrons. The van der Waals surface area contributed by atoms with Crippen LogP contribution in [-0.2, 0) is 10.0 Å². The van der Waals surface area contributed by atoms with Crippen molar-refractivity contribution >= 4 is 44.0 Å². The fraction of sp³-hybridized carbons (Fsp3) is 0. The second-order valence-corrected chi connectivity index (χ2v) is 6.65. The van der Waals surface area contributed by atoms with Crippen LogP contribution in [0.2, 0.25) is 0 Å². The summed E-state index contributed by atoms with van der Waals surface area (Å²) in [5, 5.41) is 0. The number of nitrogen functional groups attached to an aromatic ring is 1. The molecule has 2 aromatic rings. The van der Waals surface area contributed by atoms with Crippen LogP contribution in [-0.4, -0.2) is 8.42 Å². The van der Waals surface area contributed by atoms with Gasteiger partial charge in [0.1, 0.15) is 4.90 Å². The SMILES string of the molecule is NNc1ccccc1S(=O)(=O)Nc1ccc(I)cc1. The van der Waals surface area contributed by atoms with Crippen molar-refractivity contribution in [2.24, 2.45) is 5.84 Å². The standard InChI is InChI=1S/C12H12IN3O2S/c13-9-5-7-10(8-6-9)16-19(17,18)12-4-2-1-3-11(12)15-14/h1-8,15-16H,14H2. The molecule has 0 spiro atoms. The molecule has 2 aromatic carbocycles. The van der Waals surface area contributed by atoms with Crippen molar-refractivity contribution in [3.8, 4) is 0 Å². The highest BCUT2D eigenvalue weighted by atomic mass is 127. The second-order valence-electron chi connectivity index (χ2n) is 3.75. The van der Waals surface area contributed by atoms with Gasteiger partial charge in [-0.05, 0) is 59.0 Å². The number of halogens is 1. The van der Waals surface area contributed by atoms with Gasteiger partial charge in [-0.3, -0.25) is 10.6 Å². The average molecular weight is 389 g/mol. The summed E-state index contributed by atoms with van der Waals surface area (Å²) in [4.78, 5) is 0.107. The number of hydrazine groups is 1. The Morgan fingerprint density at radius 3 is 2.26 bits per heavy atom. The molecule has 0 aliphatic carbocycles. The minimum absolute atomic E-state index is 0.107. The molecule has 0 atom stereocenters. The van der Waals surface area contributed by atoms with Crippen molar-refractivity contribution in [2.45, 2.75) is 4.90 Å². The van der Waals surface area contributed by atoms with Crippen LogP contribution in [0.1, 0.15) is 0 Å². The van der Waals surface area contributed by atoms with E-state index in [1.54, 1.807) is 30.3 Å². The first-order valence-electron chi connectivity index (χ1n) is 5.37. The lowest BCUT2D eigenvalue weighted by Gasteiger charge is -2.11. The van der Waals surface area contributed by atoms with E-state index in [9.17, 15) is 8.42 Å². The fourth-order valence-electron chi connectivity index (χ4n) is 1.55. The fourth-order valence-corrected chi connectivity index (χ4v) is 3.14. The Balaban J connectivity index is 2.35. The Morgan fingerprint density at radius 2 is 1.63 bits per heavy atom. The Morgan fingerprint density at radius 1 is 1.00 bits per heavy atom. The van der Waals surface area contributed by atoms with E-state index in [1.807, 2.05) is 12.1 Å². The molecule has 0 heterocycles. The molecule has 5 nitrogen and oxygen atoms in total. The lowest BCUT2D eigenvalue weighted by molar-refractivity contribution is 0.601. The lowest BCUT2D eigenvalue weighted by atomic mass is 10.3. The Bertz CT molecular complexity index is 672. The van der Waals surface area contributed by atoms with Gasteiger partial charge in [-0.2, -0.15) is 0 Å². The van der Waals surface area contributed by atoms with Crippen LogP contribution in [0.3, 0.4) is 0 Å². The quantitative estimate of drug-likeness (QED) is 0.426. The minimum atomic E-state index is -3.66. The highest BCUT2D eigenvalue weighted by Crippen LogP contribution is 2.23. The topological polar surface area (TPSA) is 84.2 Å². The Labute approximate surface area is 125 Å². The Kier molecular flexibility index (Phi) is 4.27. The van der Waals surface area contributed by atoms with E-state index in [2.05, 4.69) is 32.7 Å². The summed E-state index contributed by atoms with van der Waals surface area (Å²) in [6.07, 6.45) is 0. The number of nitrogens with two attached hydrogens (primary N) is 1. The first-order chi connectivity index (χ1) is 9.03. The summed E-state index contributed by atoms with van der Waals surface area (Å²) in [5.41, 5.74) is 3.23. The van der Waals surface area contributed by atoms with Gasteiger partial charge >= 0.3 is 0 Å². The summed E-state index contributed by atoms with van der Waals surface area (Å²) < 4.78 is 28.1. The molecule has 0 fully saturated rings. The molecular formula is C12H12IN3O2S. The predicted octanol–water partition coefficient (Wildman–Crippen LogP) is 2.38. The van der Waals surface area contributed by atoms with E-state index >= 15 is 0 Å². The van der Waals surface area contributed by atoms with Crippen LogP contribution in [0.25, 0.3) is 0 Å². The van der Waals surface area contributed by atoms with Gasteiger partial charge in [-0.25, -0.2) is 8.42 Å². The molecule has 4 N–H and O–H groups in total. The first-order valence-corrected chi connectivity index (χ1v) is 7.93. The third-order valence-electron chi connectivity index (χ3n) is 2.43. The van der Waals surface area contributed by atoms with E-state index in [-0.39, 0.29) is 4.90 Å². The third-order valence-corrected chi connectivity index (χ3v) is 4.59. The van der Waals surface area contributed by atoms with Crippen molar-refractivity contribution in [3.63, 3.8) is 0 Å². The number of anilines is 2. The van der Waals surface area contributed by atoms with Crippen LogP contribution in [0, 0.1) is 3.57 Å². The molecule has 7 heteroatoms. The van der Waals surface area contributed by atoms with Crippen LogP contribution in [0.5, 0.6) is 0 Å². The molecule has 0 amide bonds. The summed E-state index contributed by atoms with van der Waals surface area (Å²) in [6, 6.07) is 13.5. The van der Waals surface area contributed by atoms with Gasteiger partial charge in [0.2, 0.25) is 0 Å². The van der Waals surface area contributed by atoms with E-state index in [4.69, 9.17) is 5.84 Å². The van der Waals surface area contributed by atoms with Gasteiger partial charge in [0, 0.05) is 9.26 Å². The normalized spacial score (nSPS) is 11.1. The molecule has 19 heavy (non-hydrogen) atoms. The number of para-hydroxylation sites is 1. The predicted molar refractivity (Wildman–Crippen MR) is 84.2 cm³/mol. The third kappa shape index (κ3) is 3.37.